The number of benzene rings is 1. The molecule has 0 spiro atoms. The molecule has 1 atom stereocenters. The van der Waals surface area contributed by atoms with Gasteiger partial charge >= 0.3 is 0 Å². The quantitative estimate of drug-likeness (QED) is 0.888. The molecule has 0 aliphatic rings. The maximum Gasteiger partial charge on any atom is 0.241 e. The van der Waals surface area contributed by atoms with Crippen molar-refractivity contribution in [2.75, 3.05) is 21.3 Å². The molecule has 0 aliphatic heterocycles. The summed E-state index contributed by atoms with van der Waals surface area (Å²) < 4.78 is 16.0. The van der Waals surface area contributed by atoms with Crippen molar-refractivity contribution in [2.45, 2.75) is 6.10 Å². The first-order chi connectivity index (χ1) is 10.1. The van der Waals surface area contributed by atoms with Gasteiger partial charge in [-0.1, -0.05) is 6.07 Å². The maximum absolute atomic E-state index is 10.5. The minimum absolute atomic E-state index is 0.216. The second-order valence-electron chi connectivity index (χ2n) is 4.10. The Morgan fingerprint density at radius 1 is 1.14 bits per heavy atom. The highest BCUT2D eigenvalue weighted by atomic mass is 79.9. The van der Waals surface area contributed by atoms with Gasteiger partial charge in [-0.25, -0.2) is 4.98 Å². The average Bonchev–Trinajstić information content (AvgIpc) is 2.53. The largest absolute Gasteiger partial charge is 0.496 e. The van der Waals surface area contributed by atoms with Gasteiger partial charge in [0.15, 0.2) is 0 Å². The van der Waals surface area contributed by atoms with Gasteiger partial charge in [0.2, 0.25) is 11.8 Å². The molecule has 0 saturated carbocycles. The normalized spacial score (nSPS) is 11.9. The first-order valence-electron chi connectivity index (χ1n) is 6.07. The van der Waals surface area contributed by atoms with Crippen LogP contribution in [0.25, 0.3) is 0 Å². The third-order valence-corrected chi connectivity index (χ3v) is 3.52. The van der Waals surface area contributed by atoms with E-state index in [1.54, 1.807) is 25.3 Å². The van der Waals surface area contributed by atoms with E-state index in [0.717, 1.165) is 4.47 Å². The Kier molecular flexibility index (Phi) is 4.98. The van der Waals surface area contributed by atoms with Crippen molar-refractivity contribution in [3.05, 3.63) is 40.1 Å². The van der Waals surface area contributed by atoms with Crippen LogP contribution in [0.4, 0.5) is 0 Å². The van der Waals surface area contributed by atoms with Gasteiger partial charge in [-0.05, 0) is 33.6 Å². The first kappa shape index (κ1) is 15.5. The molecule has 112 valence electrons. The number of nitrogens with zero attached hydrogens (tertiary/aromatic N) is 2. The molecular formula is C14H15BrN2O4. The molecule has 0 amide bonds. The van der Waals surface area contributed by atoms with Crippen molar-refractivity contribution in [3.8, 4) is 17.5 Å². The van der Waals surface area contributed by atoms with E-state index in [2.05, 4.69) is 25.9 Å². The summed E-state index contributed by atoms with van der Waals surface area (Å²) in [6.07, 6.45) is 0.458. The Hall–Kier alpha value is -1.86. The molecule has 0 saturated heterocycles. The number of aliphatic hydroxyl groups is 1. The van der Waals surface area contributed by atoms with E-state index >= 15 is 0 Å². The molecule has 0 radical (unpaired) electrons. The molecule has 21 heavy (non-hydrogen) atoms. The molecule has 0 aliphatic carbocycles. The summed E-state index contributed by atoms with van der Waals surface area (Å²) in [6, 6.07) is 5.26. The Morgan fingerprint density at radius 2 is 1.90 bits per heavy atom. The number of aromatic nitrogens is 2. The summed E-state index contributed by atoms with van der Waals surface area (Å²) in [6.45, 7) is 0. The molecule has 0 bridgehead atoms. The third-order valence-electron chi connectivity index (χ3n) is 2.90. The number of rotatable bonds is 5. The van der Waals surface area contributed by atoms with E-state index in [1.807, 2.05) is 0 Å². The molecule has 0 fully saturated rings. The highest BCUT2D eigenvalue weighted by Gasteiger charge is 2.20. The molecule has 7 heteroatoms. The predicted molar refractivity (Wildman–Crippen MR) is 79.9 cm³/mol. The van der Waals surface area contributed by atoms with Crippen LogP contribution in [-0.2, 0) is 0 Å². The van der Waals surface area contributed by atoms with Gasteiger partial charge in [0.25, 0.3) is 0 Å². The van der Waals surface area contributed by atoms with Gasteiger partial charge in [-0.2, -0.15) is 4.98 Å². The highest BCUT2D eigenvalue weighted by Crippen LogP contribution is 2.32. The molecule has 1 aromatic heterocycles. The topological polar surface area (TPSA) is 73.7 Å². The lowest BCUT2D eigenvalue weighted by Gasteiger charge is -2.15. The van der Waals surface area contributed by atoms with Gasteiger partial charge < -0.3 is 19.3 Å². The number of hydrogen-bond donors (Lipinski definition) is 1. The lowest BCUT2D eigenvalue weighted by Crippen LogP contribution is -2.07. The predicted octanol–water partition coefficient (Wildman–Crippen LogP) is 2.35. The summed E-state index contributed by atoms with van der Waals surface area (Å²) in [5, 5.41) is 10.5. The molecule has 2 aromatic rings. The minimum atomic E-state index is -0.972. The van der Waals surface area contributed by atoms with E-state index < -0.39 is 6.10 Å². The lowest BCUT2D eigenvalue weighted by atomic mass is 10.1. The van der Waals surface area contributed by atoms with Crippen LogP contribution in [0.3, 0.4) is 0 Å². The standard InChI is InChI=1S/C14H15BrN2O4/c1-19-10-5-4-8(6-9(10)15)13(18)12-14(21-3)17-11(20-2)7-16-12/h4-7,13,18H,1-3H3. The van der Waals surface area contributed by atoms with Crippen molar-refractivity contribution in [2.24, 2.45) is 0 Å². The van der Waals surface area contributed by atoms with Crippen molar-refractivity contribution < 1.29 is 19.3 Å². The van der Waals surface area contributed by atoms with Gasteiger partial charge in [-0.15, -0.1) is 0 Å². The zero-order valence-corrected chi connectivity index (χ0v) is 13.4. The summed E-state index contributed by atoms with van der Waals surface area (Å²) in [4.78, 5) is 8.27. The molecule has 1 N–H and O–H groups in total. The lowest BCUT2D eigenvalue weighted by molar-refractivity contribution is 0.206. The van der Waals surface area contributed by atoms with E-state index in [-0.39, 0.29) is 5.88 Å². The smallest absolute Gasteiger partial charge is 0.241 e. The van der Waals surface area contributed by atoms with Crippen molar-refractivity contribution in [1.29, 1.82) is 0 Å². The second kappa shape index (κ2) is 6.73. The third kappa shape index (κ3) is 3.25. The first-order valence-corrected chi connectivity index (χ1v) is 6.86. The van der Waals surface area contributed by atoms with Gasteiger partial charge in [0.1, 0.15) is 17.5 Å². The molecule has 1 heterocycles. The SMILES string of the molecule is COc1cnc(C(O)c2ccc(OC)c(Br)c2)c(OC)n1. The fourth-order valence-electron chi connectivity index (χ4n) is 1.81. The van der Waals surface area contributed by atoms with Crippen LogP contribution in [0.15, 0.2) is 28.9 Å². The Bertz CT molecular complexity index is 636. The fraction of sp³-hybridized carbons (Fsp3) is 0.286. The Morgan fingerprint density at radius 3 is 2.48 bits per heavy atom. The van der Waals surface area contributed by atoms with Crippen molar-refractivity contribution in [1.82, 2.24) is 9.97 Å². The number of ether oxygens (including phenoxy) is 3. The van der Waals surface area contributed by atoms with Crippen molar-refractivity contribution >= 4 is 15.9 Å². The van der Waals surface area contributed by atoms with Gasteiger partial charge in [0, 0.05) is 0 Å². The van der Waals surface area contributed by atoms with Crippen LogP contribution < -0.4 is 14.2 Å². The number of methoxy groups -OCH3 is 3. The molecule has 6 nitrogen and oxygen atoms in total. The zero-order chi connectivity index (χ0) is 15.4. The summed E-state index contributed by atoms with van der Waals surface area (Å²) in [5.41, 5.74) is 0.954. The Labute approximate surface area is 130 Å². The monoisotopic (exact) mass is 354 g/mol. The van der Waals surface area contributed by atoms with Crippen LogP contribution in [0.5, 0.6) is 17.5 Å². The fourth-order valence-corrected chi connectivity index (χ4v) is 2.37. The number of hydrogen-bond acceptors (Lipinski definition) is 6. The summed E-state index contributed by atoms with van der Waals surface area (Å²) in [7, 11) is 4.53. The molecular weight excluding hydrogens is 340 g/mol. The van der Waals surface area contributed by atoms with Gasteiger partial charge in [-0.3, -0.25) is 0 Å². The summed E-state index contributed by atoms with van der Waals surface area (Å²) in [5.74, 6) is 1.21. The molecule has 1 aromatic carbocycles. The van der Waals surface area contributed by atoms with Crippen molar-refractivity contribution in [3.63, 3.8) is 0 Å². The molecule has 1 unspecified atom stereocenters. The van der Waals surface area contributed by atoms with E-state index in [9.17, 15) is 5.11 Å². The maximum atomic E-state index is 10.5. The van der Waals surface area contributed by atoms with Crippen LogP contribution in [0, 0.1) is 0 Å². The molecule has 2 rings (SSSR count). The van der Waals surface area contributed by atoms with E-state index in [4.69, 9.17) is 14.2 Å². The Balaban J connectivity index is 2.39. The van der Waals surface area contributed by atoms with Gasteiger partial charge in [0.05, 0.1) is 32.0 Å². The zero-order valence-electron chi connectivity index (χ0n) is 11.8. The van der Waals surface area contributed by atoms with Crippen LogP contribution >= 0.6 is 15.9 Å². The number of aliphatic hydroxyl groups excluding tert-OH is 1. The van der Waals surface area contributed by atoms with E-state index in [1.165, 1.54) is 20.4 Å². The minimum Gasteiger partial charge on any atom is -0.496 e. The van der Waals surface area contributed by atoms with Crippen LogP contribution in [-0.4, -0.2) is 36.4 Å². The van der Waals surface area contributed by atoms with E-state index in [0.29, 0.717) is 22.9 Å². The number of halogens is 1. The second-order valence-corrected chi connectivity index (χ2v) is 4.96. The van der Waals surface area contributed by atoms with Crippen LogP contribution in [0.2, 0.25) is 0 Å². The highest BCUT2D eigenvalue weighted by molar-refractivity contribution is 9.10. The average molecular weight is 355 g/mol. The van der Waals surface area contributed by atoms with Crippen LogP contribution in [0.1, 0.15) is 17.4 Å². The summed E-state index contributed by atoms with van der Waals surface area (Å²) >= 11 is 3.38.